The molecule has 0 bridgehead atoms. The largest absolute Gasteiger partial charge is 0.497 e. The minimum absolute atomic E-state index is 0.381. The maximum atomic E-state index is 5.24. The van der Waals surface area contributed by atoms with Crippen molar-refractivity contribution in [2.24, 2.45) is 0 Å². The molecule has 1 aromatic rings. The molecule has 104 valence electrons. The van der Waals surface area contributed by atoms with Crippen LogP contribution in [0.2, 0.25) is 0 Å². The molecule has 0 aromatic heterocycles. The number of hydrogen-bond donors (Lipinski definition) is 1. The van der Waals surface area contributed by atoms with Gasteiger partial charge in [-0.3, -0.25) is 0 Å². The molecule has 1 aromatic carbocycles. The van der Waals surface area contributed by atoms with Gasteiger partial charge in [-0.1, -0.05) is 30.7 Å². The van der Waals surface area contributed by atoms with Gasteiger partial charge in [-0.05, 0) is 56.3 Å². The summed E-state index contributed by atoms with van der Waals surface area (Å²) in [6.07, 6.45) is 8.73. The summed E-state index contributed by atoms with van der Waals surface area (Å²) < 4.78 is 5.24. The zero-order valence-corrected chi connectivity index (χ0v) is 12.1. The van der Waals surface area contributed by atoms with E-state index in [1.807, 2.05) is 0 Å². The van der Waals surface area contributed by atoms with Gasteiger partial charge in [-0.2, -0.15) is 0 Å². The molecule has 0 heterocycles. The maximum Gasteiger partial charge on any atom is 0.118 e. The molecule has 0 aliphatic heterocycles. The fourth-order valence-electron chi connectivity index (χ4n) is 2.67. The number of nitrogens with one attached hydrogen (secondary N) is 1. The van der Waals surface area contributed by atoms with Crippen LogP contribution in [0.1, 0.15) is 50.6 Å². The number of rotatable bonds is 6. The van der Waals surface area contributed by atoms with Crippen LogP contribution in [-0.4, -0.2) is 13.7 Å². The van der Waals surface area contributed by atoms with E-state index in [0.29, 0.717) is 6.04 Å². The second kappa shape index (κ2) is 7.34. The Kier molecular flexibility index (Phi) is 5.46. The highest BCUT2D eigenvalue weighted by Gasteiger charge is 2.17. The van der Waals surface area contributed by atoms with E-state index in [0.717, 1.165) is 12.3 Å². The van der Waals surface area contributed by atoms with Crippen molar-refractivity contribution in [3.8, 4) is 5.75 Å². The van der Waals surface area contributed by atoms with Crippen LogP contribution in [0, 0.1) is 0 Å². The van der Waals surface area contributed by atoms with Crippen molar-refractivity contribution < 1.29 is 4.74 Å². The van der Waals surface area contributed by atoms with Gasteiger partial charge in [0.1, 0.15) is 5.75 Å². The first-order chi connectivity index (χ1) is 9.35. The zero-order valence-electron chi connectivity index (χ0n) is 12.1. The average molecular weight is 259 g/mol. The number of allylic oxidation sites excluding steroid dienone is 1. The quantitative estimate of drug-likeness (QED) is 0.772. The van der Waals surface area contributed by atoms with E-state index in [1.54, 1.807) is 12.7 Å². The Balaban J connectivity index is 2.17. The first kappa shape index (κ1) is 14.1. The summed E-state index contributed by atoms with van der Waals surface area (Å²) in [5.74, 6) is 0.926. The molecule has 19 heavy (non-hydrogen) atoms. The summed E-state index contributed by atoms with van der Waals surface area (Å²) >= 11 is 0. The van der Waals surface area contributed by atoms with Crippen LogP contribution in [0.5, 0.6) is 5.75 Å². The molecule has 0 saturated heterocycles. The molecule has 1 unspecified atom stereocenters. The molecule has 0 saturated carbocycles. The molecule has 1 aliphatic carbocycles. The second-order valence-electron chi connectivity index (χ2n) is 5.19. The standard InChI is InChI=1S/C17H25NO/c1-3-13-18-17(14-7-5-4-6-8-14)15-9-11-16(19-2)12-10-15/h7,9-12,17-18H,3-6,8,13H2,1-2H3. The van der Waals surface area contributed by atoms with Gasteiger partial charge in [0.25, 0.3) is 0 Å². The second-order valence-corrected chi connectivity index (χ2v) is 5.19. The molecule has 0 amide bonds. The molecule has 2 heteroatoms. The van der Waals surface area contributed by atoms with E-state index in [1.165, 1.54) is 37.7 Å². The molecule has 1 N–H and O–H groups in total. The van der Waals surface area contributed by atoms with Gasteiger partial charge >= 0.3 is 0 Å². The summed E-state index contributed by atoms with van der Waals surface area (Å²) in [7, 11) is 1.71. The van der Waals surface area contributed by atoms with Crippen molar-refractivity contribution in [3.63, 3.8) is 0 Å². The van der Waals surface area contributed by atoms with Crippen molar-refractivity contribution in [2.45, 2.75) is 45.1 Å². The Labute approximate surface area is 116 Å². The summed E-state index contributed by atoms with van der Waals surface area (Å²) in [5.41, 5.74) is 2.91. The third kappa shape index (κ3) is 3.84. The average Bonchev–Trinajstić information content (AvgIpc) is 2.49. The van der Waals surface area contributed by atoms with Crippen molar-refractivity contribution in [1.29, 1.82) is 0 Å². The zero-order chi connectivity index (χ0) is 13.5. The lowest BCUT2D eigenvalue weighted by molar-refractivity contribution is 0.414. The van der Waals surface area contributed by atoms with Crippen LogP contribution >= 0.6 is 0 Å². The smallest absolute Gasteiger partial charge is 0.118 e. The van der Waals surface area contributed by atoms with Crippen LogP contribution < -0.4 is 10.1 Å². The third-order valence-corrected chi connectivity index (χ3v) is 3.74. The molecular weight excluding hydrogens is 234 g/mol. The van der Waals surface area contributed by atoms with Crippen molar-refractivity contribution in [3.05, 3.63) is 41.5 Å². The van der Waals surface area contributed by atoms with Crippen molar-refractivity contribution in [1.82, 2.24) is 5.32 Å². The van der Waals surface area contributed by atoms with Crippen molar-refractivity contribution in [2.75, 3.05) is 13.7 Å². The van der Waals surface area contributed by atoms with Gasteiger partial charge in [0.15, 0.2) is 0 Å². The molecule has 0 spiro atoms. The van der Waals surface area contributed by atoms with E-state index in [4.69, 9.17) is 4.74 Å². The van der Waals surface area contributed by atoms with Crippen molar-refractivity contribution >= 4 is 0 Å². The van der Waals surface area contributed by atoms with Gasteiger partial charge in [-0.25, -0.2) is 0 Å². The van der Waals surface area contributed by atoms with Gasteiger partial charge in [0, 0.05) is 0 Å². The molecule has 0 radical (unpaired) electrons. The number of methoxy groups -OCH3 is 1. The van der Waals surface area contributed by atoms with Gasteiger partial charge in [0.2, 0.25) is 0 Å². The highest BCUT2D eigenvalue weighted by molar-refractivity contribution is 5.34. The Morgan fingerprint density at radius 1 is 1.21 bits per heavy atom. The lowest BCUT2D eigenvalue weighted by Gasteiger charge is -2.25. The van der Waals surface area contributed by atoms with Gasteiger partial charge < -0.3 is 10.1 Å². The van der Waals surface area contributed by atoms with E-state index < -0.39 is 0 Å². The van der Waals surface area contributed by atoms with Gasteiger partial charge in [0.05, 0.1) is 13.2 Å². The van der Waals surface area contributed by atoms with E-state index in [2.05, 4.69) is 42.6 Å². The Bertz CT molecular complexity index is 408. The first-order valence-corrected chi connectivity index (χ1v) is 7.41. The fourth-order valence-corrected chi connectivity index (χ4v) is 2.67. The highest BCUT2D eigenvalue weighted by Crippen LogP contribution is 2.30. The Morgan fingerprint density at radius 2 is 2.00 bits per heavy atom. The summed E-state index contributed by atoms with van der Waals surface area (Å²) in [6, 6.07) is 8.85. The lowest BCUT2D eigenvalue weighted by Crippen LogP contribution is -2.24. The summed E-state index contributed by atoms with van der Waals surface area (Å²) in [4.78, 5) is 0. The lowest BCUT2D eigenvalue weighted by atomic mass is 9.89. The normalized spacial score (nSPS) is 16.8. The van der Waals surface area contributed by atoms with Gasteiger partial charge in [-0.15, -0.1) is 0 Å². The minimum Gasteiger partial charge on any atom is -0.497 e. The molecule has 2 rings (SSSR count). The summed E-state index contributed by atoms with van der Waals surface area (Å²) in [5, 5.41) is 3.68. The SMILES string of the molecule is CCCNC(C1=CCCCC1)c1ccc(OC)cc1. The predicted molar refractivity (Wildman–Crippen MR) is 80.6 cm³/mol. The summed E-state index contributed by atoms with van der Waals surface area (Å²) in [6.45, 7) is 3.28. The van der Waals surface area contributed by atoms with Crippen LogP contribution in [0.4, 0.5) is 0 Å². The fraction of sp³-hybridized carbons (Fsp3) is 0.529. The Morgan fingerprint density at radius 3 is 2.58 bits per heavy atom. The van der Waals surface area contributed by atoms with Crippen LogP contribution in [0.3, 0.4) is 0 Å². The van der Waals surface area contributed by atoms with Crippen LogP contribution in [-0.2, 0) is 0 Å². The molecule has 0 fully saturated rings. The predicted octanol–water partition coefficient (Wildman–Crippen LogP) is 4.24. The topological polar surface area (TPSA) is 21.3 Å². The van der Waals surface area contributed by atoms with Crippen LogP contribution in [0.25, 0.3) is 0 Å². The monoisotopic (exact) mass is 259 g/mol. The molecule has 1 aliphatic rings. The minimum atomic E-state index is 0.381. The van der Waals surface area contributed by atoms with E-state index in [-0.39, 0.29) is 0 Å². The molecule has 1 atom stereocenters. The maximum absolute atomic E-state index is 5.24. The van der Waals surface area contributed by atoms with E-state index in [9.17, 15) is 0 Å². The Hall–Kier alpha value is -1.28. The molecule has 2 nitrogen and oxygen atoms in total. The number of benzene rings is 1. The third-order valence-electron chi connectivity index (χ3n) is 3.74. The first-order valence-electron chi connectivity index (χ1n) is 7.41. The number of ether oxygens (including phenoxy) is 1. The van der Waals surface area contributed by atoms with Crippen LogP contribution in [0.15, 0.2) is 35.9 Å². The highest BCUT2D eigenvalue weighted by atomic mass is 16.5. The number of hydrogen-bond acceptors (Lipinski definition) is 2. The van der Waals surface area contributed by atoms with E-state index >= 15 is 0 Å². The molecular formula is C17H25NO.